The Morgan fingerprint density at radius 1 is 0.838 bits per heavy atom. The number of nitrogens with one attached hydrogen (secondary N) is 2. The predicted octanol–water partition coefficient (Wildman–Crippen LogP) is 4.99. The van der Waals surface area contributed by atoms with E-state index in [1.165, 1.54) is 0 Å². The molecule has 10 heteroatoms. The third-order valence-electron chi connectivity index (χ3n) is 5.21. The molecule has 194 valence electrons. The Morgan fingerprint density at radius 2 is 1.49 bits per heavy atom. The highest BCUT2D eigenvalue weighted by Crippen LogP contribution is 2.34. The van der Waals surface area contributed by atoms with Crippen molar-refractivity contribution in [2.75, 3.05) is 30.5 Å². The first-order valence-electron chi connectivity index (χ1n) is 11.6. The second-order valence-electron chi connectivity index (χ2n) is 7.80. The molecule has 2 N–H and O–H groups in total. The minimum Gasteiger partial charge on any atom is -0.483 e. The topological polar surface area (TPSA) is 120 Å². The van der Waals surface area contributed by atoms with Crippen molar-refractivity contribution in [1.29, 1.82) is 0 Å². The quantitative estimate of drug-likeness (QED) is 0.359. The molecular formula is C27H28N2O7S. The third kappa shape index (κ3) is 6.73. The fourth-order valence-electron chi connectivity index (χ4n) is 3.45. The molecule has 9 nitrogen and oxygen atoms in total. The summed E-state index contributed by atoms with van der Waals surface area (Å²) in [4.78, 5) is 51.0. The summed E-state index contributed by atoms with van der Waals surface area (Å²) in [5, 5.41) is 5.54. The zero-order chi connectivity index (χ0) is 26.9. The molecule has 0 unspecified atom stereocenters. The predicted molar refractivity (Wildman–Crippen MR) is 141 cm³/mol. The SMILES string of the molecule is CCOC(=O)c1ccccc1NC(=O)c1sc(NC(=O)COc2ccccc2C)c(C(=O)OCC)c1C. The molecule has 0 saturated heterocycles. The molecule has 1 heterocycles. The second kappa shape index (κ2) is 12.7. The molecule has 0 saturated carbocycles. The first-order chi connectivity index (χ1) is 17.8. The minimum absolute atomic E-state index is 0.0833. The number of amides is 2. The smallest absolute Gasteiger partial charge is 0.341 e. The summed E-state index contributed by atoms with van der Waals surface area (Å²) in [6.45, 7) is 6.81. The van der Waals surface area contributed by atoms with Crippen LogP contribution in [0.15, 0.2) is 48.5 Å². The van der Waals surface area contributed by atoms with E-state index >= 15 is 0 Å². The fraction of sp³-hybridized carbons (Fsp3) is 0.259. The van der Waals surface area contributed by atoms with Crippen LogP contribution in [-0.2, 0) is 14.3 Å². The number of thiophene rings is 1. The third-order valence-corrected chi connectivity index (χ3v) is 6.41. The highest BCUT2D eigenvalue weighted by molar-refractivity contribution is 7.19. The van der Waals surface area contributed by atoms with Crippen LogP contribution in [0.1, 0.15) is 55.4 Å². The van der Waals surface area contributed by atoms with Gasteiger partial charge in [0.05, 0.1) is 34.9 Å². The molecule has 0 aliphatic heterocycles. The Balaban J connectivity index is 1.85. The van der Waals surface area contributed by atoms with Gasteiger partial charge >= 0.3 is 11.9 Å². The monoisotopic (exact) mass is 524 g/mol. The fourth-order valence-corrected chi connectivity index (χ4v) is 4.56. The van der Waals surface area contributed by atoms with E-state index in [9.17, 15) is 19.2 Å². The van der Waals surface area contributed by atoms with Crippen molar-refractivity contribution in [1.82, 2.24) is 0 Å². The lowest BCUT2D eigenvalue weighted by Crippen LogP contribution is -2.21. The molecule has 3 rings (SSSR count). The largest absolute Gasteiger partial charge is 0.483 e. The summed E-state index contributed by atoms with van der Waals surface area (Å²) in [6.07, 6.45) is 0. The molecule has 37 heavy (non-hydrogen) atoms. The lowest BCUT2D eigenvalue weighted by atomic mass is 10.1. The van der Waals surface area contributed by atoms with Crippen LogP contribution in [0.5, 0.6) is 5.75 Å². The normalized spacial score (nSPS) is 10.4. The van der Waals surface area contributed by atoms with Gasteiger partial charge in [-0.1, -0.05) is 30.3 Å². The highest BCUT2D eigenvalue weighted by Gasteiger charge is 2.27. The van der Waals surface area contributed by atoms with Crippen LogP contribution in [0.2, 0.25) is 0 Å². The van der Waals surface area contributed by atoms with Crippen LogP contribution in [0.25, 0.3) is 0 Å². The number of esters is 2. The van der Waals surface area contributed by atoms with Gasteiger partial charge in [-0.2, -0.15) is 0 Å². The second-order valence-corrected chi connectivity index (χ2v) is 8.82. The Labute approximate surface area is 218 Å². The molecule has 0 bridgehead atoms. The van der Waals surface area contributed by atoms with Gasteiger partial charge in [0, 0.05) is 0 Å². The number of benzene rings is 2. The van der Waals surface area contributed by atoms with Crippen molar-refractivity contribution in [2.24, 2.45) is 0 Å². The number of ether oxygens (including phenoxy) is 3. The minimum atomic E-state index is -0.669. The number of anilines is 2. The van der Waals surface area contributed by atoms with E-state index in [-0.39, 0.29) is 46.5 Å². The molecule has 0 fully saturated rings. The van der Waals surface area contributed by atoms with E-state index in [0.717, 1.165) is 16.9 Å². The zero-order valence-electron chi connectivity index (χ0n) is 21.0. The van der Waals surface area contributed by atoms with Gasteiger partial charge in [-0.3, -0.25) is 9.59 Å². The van der Waals surface area contributed by atoms with Gasteiger partial charge in [-0.25, -0.2) is 9.59 Å². The van der Waals surface area contributed by atoms with Gasteiger partial charge in [0.1, 0.15) is 10.8 Å². The van der Waals surface area contributed by atoms with Gasteiger partial charge in [-0.15, -0.1) is 11.3 Å². The van der Waals surface area contributed by atoms with Crippen molar-refractivity contribution in [3.63, 3.8) is 0 Å². The maximum absolute atomic E-state index is 13.2. The Morgan fingerprint density at radius 3 is 2.19 bits per heavy atom. The van der Waals surface area contributed by atoms with Crippen molar-refractivity contribution >= 4 is 45.8 Å². The highest BCUT2D eigenvalue weighted by atomic mass is 32.1. The maximum atomic E-state index is 13.2. The maximum Gasteiger partial charge on any atom is 0.341 e. The molecule has 0 aliphatic rings. The molecule has 0 spiro atoms. The first kappa shape index (κ1) is 27.4. The van der Waals surface area contributed by atoms with Crippen LogP contribution in [-0.4, -0.2) is 43.6 Å². The van der Waals surface area contributed by atoms with Crippen molar-refractivity contribution < 1.29 is 33.4 Å². The Bertz CT molecular complexity index is 1320. The number of carbonyl (C=O) groups is 4. The summed E-state index contributed by atoms with van der Waals surface area (Å²) in [5.74, 6) is -1.74. The zero-order valence-corrected chi connectivity index (χ0v) is 21.8. The van der Waals surface area contributed by atoms with Crippen LogP contribution in [0, 0.1) is 13.8 Å². The van der Waals surface area contributed by atoms with Crippen LogP contribution < -0.4 is 15.4 Å². The molecule has 2 aromatic carbocycles. The lowest BCUT2D eigenvalue weighted by Gasteiger charge is -2.10. The van der Waals surface area contributed by atoms with Gasteiger partial charge in [0.15, 0.2) is 6.61 Å². The van der Waals surface area contributed by atoms with Crippen molar-refractivity contribution in [3.8, 4) is 5.75 Å². The summed E-state index contributed by atoms with van der Waals surface area (Å²) in [7, 11) is 0. The molecule has 0 aliphatic carbocycles. The van der Waals surface area contributed by atoms with Crippen molar-refractivity contribution in [2.45, 2.75) is 27.7 Å². The van der Waals surface area contributed by atoms with Crippen molar-refractivity contribution in [3.05, 3.63) is 75.7 Å². The first-order valence-corrected chi connectivity index (χ1v) is 12.4. The van der Waals surface area contributed by atoms with E-state index in [1.54, 1.807) is 57.2 Å². The van der Waals surface area contributed by atoms with E-state index in [1.807, 2.05) is 19.1 Å². The average molecular weight is 525 g/mol. The number of rotatable bonds is 10. The number of hydrogen-bond donors (Lipinski definition) is 2. The molecule has 3 aromatic rings. The Hall–Kier alpha value is -4.18. The molecule has 1 aromatic heterocycles. The van der Waals surface area contributed by atoms with Gasteiger partial charge in [0.2, 0.25) is 0 Å². The van der Waals surface area contributed by atoms with Gasteiger partial charge in [0.25, 0.3) is 11.8 Å². The summed E-state index contributed by atoms with van der Waals surface area (Å²) < 4.78 is 15.8. The lowest BCUT2D eigenvalue weighted by molar-refractivity contribution is -0.118. The van der Waals surface area contributed by atoms with E-state index in [4.69, 9.17) is 14.2 Å². The van der Waals surface area contributed by atoms with E-state index in [2.05, 4.69) is 10.6 Å². The average Bonchev–Trinajstić information content (AvgIpc) is 3.19. The number of aryl methyl sites for hydroxylation is 1. The summed E-state index contributed by atoms with van der Waals surface area (Å²) in [5.41, 5.74) is 1.74. The van der Waals surface area contributed by atoms with E-state index in [0.29, 0.717) is 11.3 Å². The summed E-state index contributed by atoms with van der Waals surface area (Å²) in [6, 6.07) is 13.7. The molecular weight excluding hydrogens is 496 g/mol. The number of carbonyl (C=O) groups excluding carboxylic acids is 4. The molecule has 2 amide bonds. The van der Waals surface area contributed by atoms with Gasteiger partial charge in [-0.05, 0) is 57.0 Å². The Kier molecular flexibility index (Phi) is 9.39. The number of hydrogen-bond acceptors (Lipinski definition) is 8. The summed E-state index contributed by atoms with van der Waals surface area (Å²) >= 11 is 0.929. The number of para-hydroxylation sites is 2. The molecule has 0 radical (unpaired) electrons. The van der Waals surface area contributed by atoms with Crippen LogP contribution in [0.4, 0.5) is 10.7 Å². The standard InChI is InChI=1S/C27H28N2O7S/c1-5-34-26(32)18-12-8-9-13-19(18)28-24(31)23-17(4)22(27(33)35-6-2)25(37-23)29-21(30)15-36-20-14-10-7-11-16(20)3/h7-14H,5-6,15H2,1-4H3,(H,28,31)(H,29,30). The van der Waals surface area contributed by atoms with Crippen LogP contribution in [0.3, 0.4) is 0 Å². The van der Waals surface area contributed by atoms with E-state index < -0.39 is 23.8 Å². The molecule has 0 atom stereocenters. The van der Waals surface area contributed by atoms with Crippen LogP contribution >= 0.6 is 11.3 Å². The van der Waals surface area contributed by atoms with Gasteiger partial charge < -0.3 is 24.8 Å².